The minimum absolute atomic E-state index is 0. The molecule has 0 saturated heterocycles. The zero-order valence-corrected chi connectivity index (χ0v) is 10.9. The van der Waals surface area contributed by atoms with E-state index in [1.165, 1.54) is 0 Å². The molecule has 0 aliphatic carbocycles. The number of methoxy groups -OCH3 is 1. The SMILES string of the molecule is CC[C@@H](O)[C@@H](N)c1ccc(Cl)c(OC)c1.Cl. The second kappa shape index (κ2) is 6.97. The van der Waals surface area contributed by atoms with Gasteiger partial charge >= 0.3 is 0 Å². The normalized spacial score (nSPS) is 13.8. The van der Waals surface area contributed by atoms with Crippen LogP contribution in [0.4, 0.5) is 0 Å². The highest BCUT2D eigenvalue weighted by molar-refractivity contribution is 6.32. The van der Waals surface area contributed by atoms with Gasteiger partial charge in [0, 0.05) is 0 Å². The Morgan fingerprint density at radius 2 is 2.12 bits per heavy atom. The van der Waals surface area contributed by atoms with Crippen LogP contribution in [0, 0.1) is 0 Å². The summed E-state index contributed by atoms with van der Waals surface area (Å²) in [7, 11) is 1.55. The largest absolute Gasteiger partial charge is 0.495 e. The third-order valence-corrected chi connectivity index (χ3v) is 2.71. The molecule has 0 unspecified atom stereocenters. The van der Waals surface area contributed by atoms with Crippen molar-refractivity contribution in [3.63, 3.8) is 0 Å². The number of aliphatic hydroxyl groups excluding tert-OH is 1. The van der Waals surface area contributed by atoms with Gasteiger partial charge in [-0.3, -0.25) is 0 Å². The molecule has 0 aromatic heterocycles. The van der Waals surface area contributed by atoms with Gasteiger partial charge in [0.1, 0.15) is 5.75 Å². The third-order valence-electron chi connectivity index (χ3n) is 2.39. The zero-order valence-electron chi connectivity index (χ0n) is 9.31. The van der Waals surface area contributed by atoms with Gasteiger partial charge < -0.3 is 15.6 Å². The lowest BCUT2D eigenvalue weighted by Gasteiger charge is -2.18. The number of nitrogens with two attached hydrogens (primary N) is 1. The maximum atomic E-state index is 9.61. The van der Waals surface area contributed by atoms with Crippen LogP contribution in [0.2, 0.25) is 5.02 Å². The van der Waals surface area contributed by atoms with E-state index in [4.69, 9.17) is 22.1 Å². The van der Waals surface area contributed by atoms with Crippen molar-refractivity contribution in [3.8, 4) is 5.75 Å². The summed E-state index contributed by atoms with van der Waals surface area (Å²) < 4.78 is 5.08. The van der Waals surface area contributed by atoms with Crippen LogP contribution in [-0.4, -0.2) is 18.3 Å². The lowest BCUT2D eigenvalue weighted by atomic mass is 10.0. The zero-order chi connectivity index (χ0) is 11.4. The number of hydrogen-bond acceptors (Lipinski definition) is 3. The first-order valence-electron chi connectivity index (χ1n) is 4.87. The van der Waals surface area contributed by atoms with Crippen LogP contribution < -0.4 is 10.5 Å². The summed E-state index contributed by atoms with van der Waals surface area (Å²) in [5.74, 6) is 0.577. The van der Waals surface area contributed by atoms with E-state index in [-0.39, 0.29) is 12.4 Å². The Hall–Kier alpha value is -0.480. The molecule has 1 rings (SSSR count). The molecule has 16 heavy (non-hydrogen) atoms. The second-order valence-electron chi connectivity index (χ2n) is 3.40. The van der Waals surface area contributed by atoms with E-state index in [0.29, 0.717) is 17.2 Å². The van der Waals surface area contributed by atoms with Crippen LogP contribution >= 0.6 is 24.0 Å². The molecule has 3 N–H and O–H groups in total. The Labute approximate surface area is 107 Å². The van der Waals surface area contributed by atoms with Gasteiger partial charge in [-0.15, -0.1) is 12.4 Å². The average molecular weight is 266 g/mol. The molecule has 2 atom stereocenters. The van der Waals surface area contributed by atoms with Gasteiger partial charge in [-0.2, -0.15) is 0 Å². The first-order valence-corrected chi connectivity index (χ1v) is 5.25. The maximum absolute atomic E-state index is 9.61. The predicted molar refractivity (Wildman–Crippen MR) is 68.5 cm³/mol. The smallest absolute Gasteiger partial charge is 0.137 e. The molecule has 0 fully saturated rings. The molecule has 0 radical (unpaired) electrons. The summed E-state index contributed by atoms with van der Waals surface area (Å²) in [5, 5.41) is 10.2. The Morgan fingerprint density at radius 3 is 2.62 bits per heavy atom. The molecule has 0 spiro atoms. The van der Waals surface area contributed by atoms with Crippen LogP contribution in [0.1, 0.15) is 24.9 Å². The summed E-state index contributed by atoms with van der Waals surface area (Å²) >= 11 is 5.89. The maximum Gasteiger partial charge on any atom is 0.137 e. The van der Waals surface area contributed by atoms with Crippen molar-refractivity contribution in [1.82, 2.24) is 0 Å². The molecule has 0 aliphatic rings. The Morgan fingerprint density at radius 1 is 1.50 bits per heavy atom. The van der Waals surface area contributed by atoms with Crippen LogP contribution in [0.15, 0.2) is 18.2 Å². The summed E-state index contributed by atoms with van der Waals surface area (Å²) in [6, 6.07) is 4.87. The Kier molecular flexibility index (Phi) is 6.76. The number of hydrogen-bond donors (Lipinski definition) is 2. The van der Waals surface area contributed by atoms with Crippen molar-refractivity contribution >= 4 is 24.0 Å². The highest BCUT2D eigenvalue weighted by Gasteiger charge is 2.16. The Balaban J connectivity index is 0.00000225. The van der Waals surface area contributed by atoms with Gasteiger partial charge in [0.25, 0.3) is 0 Å². The first-order chi connectivity index (χ1) is 7.10. The van der Waals surface area contributed by atoms with E-state index in [0.717, 1.165) is 5.56 Å². The van der Waals surface area contributed by atoms with E-state index in [9.17, 15) is 5.11 Å². The van der Waals surface area contributed by atoms with E-state index in [1.807, 2.05) is 6.92 Å². The monoisotopic (exact) mass is 265 g/mol. The molecular formula is C11H17Cl2NO2. The van der Waals surface area contributed by atoms with Crippen molar-refractivity contribution in [1.29, 1.82) is 0 Å². The van der Waals surface area contributed by atoms with Crippen LogP contribution in [0.5, 0.6) is 5.75 Å². The van der Waals surface area contributed by atoms with Crippen LogP contribution in [-0.2, 0) is 0 Å². The Bertz CT molecular complexity index is 334. The van der Waals surface area contributed by atoms with Crippen LogP contribution in [0.3, 0.4) is 0 Å². The lowest BCUT2D eigenvalue weighted by molar-refractivity contribution is 0.140. The van der Waals surface area contributed by atoms with Gasteiger partial charge in [0.2, 0.25) is 0 Å². The predicted octanol–water partition coefficient (Wildman–Crippen LogP) is 2.54. The van der Waals surface area contributed by atoms with Crippen molar-refractivity contribution < 1.29 is 9.84 Å². The summed E-state index contributed by atoms with van der Waals surface area (Å²) in [5.41, 5.74) is 6.70. The summed E-state index contributed by atoms with van der Waals surface area (Å²) in [6.45, 7) is 1.89. The number of benzene rings is 1. The van der Waals surface area contributed by atoms with E-state index in [1.54, 1.807) is 25.3 Å². The number of aliphatic hydroxyl groups is 1. The molecular weight excluding hydrogens is 249 g/mol. The molecule has 0 amide bonds. The molecule has 0 aliphatic heterocycles. The fourth-order valence-corrected chi connectivity index (χ4v) is 1.55. The highest BCUT2D eigenvalue weighted by atomic mass is 35.5. The topological polar surface area (TPSA) is 55.5 Å². The molecule has 0 bridgehead atoms. The minimum Gasteiger partial charge on any atom is -0.495 e. The fourth-order valence-electron chi connectivity index (χ4n) is 1.36. The van der Waals surface area contributed by atoms with E-state index >= 15 is 0 Å². The van der Waals surface area contributed by atoms with E-state index < -0.39 is 12.1 Å². The van der Waals surface area contributed by atoms with Crippen molar-refractivity contribution in [2.24, 2.45) is 5.73 Å². The highest BCUT2D eigenvalue weighted by Crippen LogP contribution is 2.28. The molecule has 3 nitrogen and oxygen atoms in total. The molecule has 92 valence electrons. The summed E-state index contributed by atoms with van der Waals surface area (Å²) in [4.78, 5) is 0. The molecule has 0 saturated carbocycles. The van der Waals surface area contributed by atoms with Crippen LogP contribution in [0.25, 0.3) is 0 Å². The fraction of sp³-hybridized carbons (Fsp3) is 0.455. The minimum atomic E-state index is -0.545. The molecule has 1 aromatic rings. The number of ether oxygens (including phenoxy) is 1. The lowest BCUT2D eigenvalue weighted by Crippen LogP contribution is -2.25. The van der Waals surface area contributed by atoms with Crippen molar-refractivity contribution in [2.75, 3.05) is 7.11 Å². The van der Waals surface area contributed by atoms with Gasteiger partial charge in [-0.1, -0.05) is 24.6 Å². The van der Waals surface area contributed by atoms with E-state index in [2.05, 4.69) is 0 Å². The summed E-state index contributed by atoms with van der Waals surface area (Å²) in [6.07, 6.45) is 0.0717. The third kappa shape index (κ3) is 3.52. The van der Waals surface area contributed by atoms with Crippen molar-refractivity contribution in [2.45, 2.75) is 25.5 Å². The molecule has 0 heterocycles. The number of rotatable bonds is 4. The van der Waals surface area contributed by atoms with Gasteiger partial charge in [0.05, 0.1) is 24.3 Å². The van der Waals surface area contributed by atoms with Crippen molar-refractivity contribution in [3.05, 3.63) is 28.8 Å². The quantitative estimate of drug-likeness (QED) is 0.880. The standard InChI is InChI=1S/C11H16ClNO2.ClH/c1-3-9(14)11(13)7-4-5-8(12)10(6-7)15-2;/h4-6,9,11,14H,3,13H2,1-2H3;1H/t9-,11+;/m1./s1. The molecule has 5 heteroatoms. The second-order valence-corrected chi connectivity index (χ2v) is 3.80. The average Bonchev–Trinajstić information content (AvgIpc) is 2.27. The first kappa shape index (κ1) is 15.5. The van der Waals surface area contributed by atoms with Gasteiger partial charge in [0.15, 0.2) is 0 Å². The van der Waals surface area contributed by atoms with Gasteiger partial charge in [-0.25, -0.2) is 0 Å². The van der Waals surface area contributed by atoms with Gasteiger partial charge in [-0.05, 0) is 24.1 Å². The number of halogens is 2. The molecule has 1 aromatic carbocycles.